The van der Waals surface area contributed by atoms with Crippen LogP contribution < -0.4 is 10.0 Å². The SMILES string of the molecule is C[C@H](NS(=O)(=O)c1ccccc1C(F)(F)F)C(=O)NCC(O)c1ccc(F)cc1F. The van der Waals surface area contributed by atoms with Crippen LogP contribution in [0.4, 0.5) is 22.0 Å². The van der Waals surface area contributed by atoms with Gasteiger partial charge in [-0.25, -0.2) is 17.2 Å². The van der Waals surface area contributed by atoms with E-state index in [1.54, 1.807) is 0 Å². The molecule has 12 heteroatoms. The van der Waals surface area contributed by atoms with E-state index in [4.69, 9.17) is 0 Å². The predicted molar refractivity (Wildman–Crippen MR) is 95.6 cm³/mol. The minimum Gasteiger partial charge on any atom is -0.386 e. The molecule has 0 aliphatic carbocycles. The Labute approximate surface area is 168 Å². The standard InChI is InChI=1S/C18H17F5N2O4S/c1-10(17(27)24-9-15(26)12-7-6-11(19)8-14(12)20)25-30(28,29)16-5-3-2-4-13(16)18(21,22)23/h2-8,10,15,25-26H,9H2,1H3,(H,24,27)/t10-,15?/m0/s1. The van der Waals surface area contributed by atoms with Gasteiger partial charge in [-0.15, -0.1) is 0 Å². The van der Waals surface area contributed by atoms with Crippen molar-refractivity contribution in [3.8, 4) is 0 Å². The summed E-state index contributed by atoms with van der Waals surface area (Å²) in [5, 5.41) is 12.1. The van der Waals surface area contributed by atoms with E-state index >= 15 is 0 Å². The van der Waals surface area contributed by atoms with Crippen LogP contribution in [0.3, 0.4) is 0 Å². The molecule has 3 N–H and O–H groups in total. The van der Waals surface area contributed by atoms with E-state index in [1.807, 2.05) is 4.72 Å². The van der Waals surface area contributed by atoms with Gasteiger partial charge in [0.15, 0.2) is 0 Å². The number of carbonyl (C=O) groups is 1. The Kier molecular flexibility index (Phi) is 7.16. The largest absolute Gasteiger partial charge is 0.417 e. The zero-order chi connectivity index (χ0) is 22.7. The monoisotopic (exact) mass is 452 g/mol. The molecule has 2 atom stereocenters. The second kappa shape index (κ2) is 9.06. The van der Waals surface area contributed by atoms with Crippen molar-refractivity contribution in [1.82, 2.24) is 10.0 Å². The molecular formula is C18H17F5N2O4S. The third-order valence-electron chi connectivity index (χ3n) is 4.00. The first-order chi connectivity index (χ1) is 13.8. The van der Waals surface area contributed by atoms with Crippen molar-refractivity contribution in [3.05, 3.63) is 65.2 Å². The minimum atomic E-state index is -4.93. The summed E-state index contributed by atoms with van der Waals surface area (Å²) >= 11 is 0. The van der Waals surface area contributed by atoms with Gasteiger partial charge < -0.3 is 10.4 Å². The number of hydrogen-bond acceptors (Lipinski definition) is 4. The fourth-order valence-electron chi connectivity index (χ4n) is 2.52. The van der Waals surface area contributed by atoms with Crippen molar-refractivity contribution in [1.29, 1.82) is 0 Å². The van der Waals surface area contributed by atoms with E-state index in [-0.39, 0.29) is 5.56 Å². The number of rotatable bonds is 7. The van der Waals surface area contributed by atoms with Crippen LogP contribution in [-0.2, 0) is 21.0 Å². The van der Waals surface area contributed by atoms with Crippen LogP contribution in [0.2, 0.25) is 0 Å². The Morgan fingerprint density at radius 3 is 2.37 bits per heavy atom. The first-order valence-corrected chi connectivity index (χ1v) is 9.90. The number of benzene rings is 2. The lowest BCUT2D eigenvalue weighted by atomic mass is 10.1. The van der Waals surface area contributed by atoms with Crippen LogP contribution in [0, 0.1) is 11.6 Å². The first kappa shape index (κ1) is 23.7. The van der Waals surface area contributed by atoms with E-state index in [9.17, 15) is 40.3 Å². The van der Waals surface area contributed by atoms with Crippen LogP contribution in [0.25, 0.3) is 0 Å². The van der Waals surface area contributed by atoms with Crippen molar-refractivity contribution in [2.24, 2.45) is 0 Å². The van der Waals surface area contributed by atoms with E-state index < -0.39 is 62.9 Å². The molecule has 30 heavy (non-hydrogen) atoms. The van der Waals surface area contributed by atoms with Crippen LogP contribution in [0.5, 0.6) is 0 Å². The fourth-order valence-corrected chi connectivity index (χ4v) is 3.95. The predicted octanol–water partition coefficient (Wildman–Crippen LogP) is 2.50. The highest BCUT2D eigenvalue weighted by atomic mass is 32.2. The molecule has 0 fully saturated rings. The summed E-state index contributed by atoms with van der Waals surface area (Å²) < 4.78 is 92.2. The van der Waals surface area contributed by atoms with E-state index in [0.29, 0.717) is 12.1 Å². The summed E-state index contributed by atoms with van der Waals surface area (Å²) in [6.07, 6.45) is -6.50. The molecule has 2 rings (SSSR count). The summed E-state index contributed by atoms with van der Waals surface area (Å²) in [5.41, 5.74) is -1.70. The maximum Gasteiger partial charge on any atom is 0.417 e. The molecular weight excluding hydrogens is 435 g/mol. The number of amides is 1. The zero-order valence-electron chi connectivity index (χ0n) is 15.4. The third-order valence-corrected chi connectivity index (χ3v) is 5.60. The molecule has 6 nitrogen and oxygen atoms in total. The molecule has 0 spiro atoms. The molecule has 0 aliphatic rings. The van der Waals surface area contributed by atoms with Crippen LogP contribution >= 0.6 is 0 Å². The summed E-state index contributed by atoms with van der Waals surface area (Å²) in [6, 6.07) is 4.36. The van der Waals surface area contributed by atoms with E-state index in [1.165, 1.54) is 0 Å². The van der Waals surface area contributed by atoms with Gasteiger partial charge in [-0.2, -0.15) is 17.9 Å². The van der Waals surface area contributed by atoms with Crippen molar-refractivity contribution in [2.45, 2.75) is 30.1 Å². The average molecular weight is 452 g/mol. The number of aliphatic hydroxyl groups is 1. The highest BCUT2D eigenvalue weighted by molar-refractivity contribution is 7.89. The molecule has 1 amide bonds. The Balaban J connectivity index is 2.07. The second-order valence-electron chi connectivity index (χ2n) is 6.26. The Morgan fingerprint density at radius 2 is 1.77 bits per heavy atom. The summed E-state index contributed by atoms with van der Waals surface area (Å²) in [5.74, 6) is -2.89. The smallest absolute Gasteiger partial charge is 0.386 e. The first-order valence-electron chi connectivity index (χ1n) is 8.42. The summed E-state index contributed by atoms with van der Waals surface area (Å²) in [6.45, 7) is 0.528. The van der Waals surface area contributed by atoms with Gasteiger partial charge in [0.25, 0.3) is 0 Å². The van der Waals surface area contributed by atoms with Crippen LogP contribution in [0.15, 0.2) is 47.4 Å². The Hall–Kier alpha value is -2.57. The number of sulfonamides is 1. The molecule has 0 aromatic heterocycles. The second-order valence-corrected chi connectivity index (χ2v) is 7.95. The molecule has 2 aromatic rings. The minimum absolute atomic E-state index is 0.302. The van der Waals surface area contributed by atoms with Crippen LogP contribution in [-0.4, -0.2) is 32.0 Å². The number of nitrogens with one attached hydrogen (secondary N) is 2. The third kappa shape index (κ3) is 5.74. The maximum atomic E-state index is 13.6. The Morgan fingerprint density at radius 1 is 1.13 bits per heavy atom. The van der Waals surface area contributed by atoms with E-state index in [2.05, 4.69) is 5.32 Å². The molecule has 0 saturated heterocycles. The molecule has 0 saturated carbocycles. The number of carbonyl (C=O) groups excluding carboxylic acids is 1. The molecule has 0 radical (unpaired) electrons. The van der Waals surface area contributed by atoms with Gasteiger partial charge in [0.2, 0.25) is 15.9 Å². The zero-order valence-corrected chi connectivity index (χ0v) is 16.2. The average Bonchev–Trinajstić information content (AvgIpc) is 2.64. The lowest BCUT2D eigenvalue weighted by Crippen LogP contribution is -2.46. The molecule has 2 aromatic carbocycles. The van der Waals surface area contributed by atoms with Gasteiger partial charge in [0, 0.05) is 18.2 Å². The van der Waals surface area contributed by atoms with Crippen molar-refractivity contribution in [2.75, 3.05) is 6.54 Å². The van der Waals surface area contributed by atoms with Crippen molar-refractivity contribution < 1.29 is 40.3 Å². The highest BCUT2D eigenvalue weighted by Gasteiger charge is 2.37. The maximum absolute atomic E-state index is 13.6. The van der Waals surface area contributed by atoms with Gasteiger partial charge in [-0.1, -0.05) is 18.2 Å². The molecule has 0 bridgehead atoms. The van der Waals surface area contributed by atoms with Gasteiger partial charge in [-0.05, 0) is 25.1 Å². The molecule has 0 aliphatic heterocycles. The summed E-state index contributed by atoms with van der Waals surface area (Å²) in [7, 11) is -4.72. The van der Waals surface area contributed by atoms with Gasteiger partial charge in [-0.3, -0.25) is 4.79 Å². The van der Waals surface area contributed by atoms with Crippen molar-refractivity contribution in [3.63, 3.8) is 0 Å². The van der Waals surface area contributed by atoms with Gasteiger partial charge in [0.1, 0.15) is 11.6 Å². The van der Waals surface area contributed by atoms with E-state index in [0.717, 1.165) is 37.3 Å². The highest BCUT2D eigenvalue weighted by Crippen LogP contribution is 2.33. The number of aliphatic hydroxyl groups excluding tert-OH is 1. The lowest BCUT2D eigenvalue weighted by molar-refractivity contribution is -0.139. The topological polar surface area (TPSA) is 95.5 Å². The van der Waals surface area contributed by atoms with Gasteiger partial charge in [0.05, 0.1) is 22.6 Å². The summed E-state index contributed by atoms with van der Waals surface area (Å²) in [4.78, 5) is 11.0. The fraction of sp³-hybridized carbons (Fsp3) is 0.278. The van der Waals surface area contributed by atoms with Gasteiger partial charge >= 0.3 is 6.18 Å². The normalized spacial score (nSPS) is 14.2. The molecule has 164 valence electrons. The molecule has 1 unspecified atom stereocenters. The quantitative estimate of drug-likeness (QED) is 0.563. The number of hydrogen-bond donors (Lipinski definition) is 3. The van der Waals surface area contributed by atoms with Crippen molar-refractivity contribution >= 4 is 15.9 Å². The molecule has 0 heterocycles. The number of halogens is 5. The van der Waals surface area contributed by atoms with Crippen LogP contribution in [0.1, 0.15) is 24.2 Å². The lowest BCUT2D eigenvalue weighted by Gasteiger charge is -2.18. The Bertz CT molecular complexity index is 1030. The number of alkyl halides is 3.